The minimum atomic E-state index is 0.0821. The van der Waals surface area contributed by atoms with Gasteiger partial charge in [-0.2, -0.15) is 0 Å². The molecule has 0 bridgehead atoms. The van der Waals surface area contributed by atoms with Gasteiger partial charge in [-0.15, -0.1) is 0 Å². The normalized spacial score (nSPS) is 24.9. The highest BCUT2D eigenvalue weighted by Gasteiger charge is 2.23. The number of rotatable bonds is 3. The predicted octanol–water partition coefficient (Wildman–Crippen LogP) is 3.05. The van der Waals surface area contributed by atoms with Crippen LogP contribution in [0.4, 0.5) is 0 Å². The van der Waals surface area contributed by atoms with E-state index in [-0.39, 0.29) is 5.84 Å². The van der Waals surface area contributed by atoms with E-state index in [1.165, 1.54) is 12.8 Å². The monoisotopic (exact) mass is 295 g/mol. The molecule has 3 N–H and O–H groups in total. The van der Waals surface area contributed by atoms with Crippen LogP contribution < -0.4 is 5.73 Å². The van der Waals surface area contributed by atoms with Gasteiger partial charge >= 0.3 is 0 Å². The maximum Gasteiger partial charge on any atom is 0.170 e. The van der Waals surface area contributed by atoms with Gasteiger partial charge in [-0.3, -0.25) is 4.90 Å². The number of hydrogen-bond donors (Lipinski definition) is 2. The number of likely N-dealkylation sites (tertiary alicyclic amines) is 1. The summed E-state index contributed by atoms with van der Waals surface area (Å²) < 4.78 is 0. The molecule has 2 unspecified atom stereocenters. The molecular formula is C15H22ClN3O. The van der Waals surface area contributed by atoms with Gasteiger partial charge in [0.05, 0.1) is 0 Å². The first-order valence-corrected chi connectivity index (χ1v) is 7.39. The average Bonchev–Trinajstić information content (AvgIpc) is 2.42. The summed E-state index contributed by atoms with van der Waals surface area (Å²) in [5.74, 6) is 0.887. The average molecular weight is 296 g/mol. The summed E-state index contributed by atoms with van der Waals surface area (Å²) in [6.07, 6.45) is 2.48. The van der Waals surface area contributed by atoms with Crippen molar-refractivity contribution in [2.45, 2.75) is 39.3 Å². The standard InChI is InChI=1S/C15H22ClN3O/c1-10-5-6-19(11(2)7-10)9-13-4-3-12(8-14(13)16)15(17)18-20/h3-4,8,10-11,20H,5-7,9H2,1-2H3,(H2,17,18). The lowest BCUT2D eigenvalue weighted by Crippen LogP contribution is -2.39. The molecule has 1 heterocycles. The zero-order chi connectivity index (χ0) is 14.7. The third kappa shape index (κ3) is 3.44. The molecule has 2 rings (SSSR count). The second-order valence-corrected chi connectivity index (χ2v) is 6.15. The molecule has 1 fully saturated rings. The van der Waals surface area contributed by atoms with Crippen LogP contribution in [0.25, 0.3) is 0 Å². The van der Waals surface area contributed by atoms with Gasteiger partial charge in [0.2, 0.25) is 0 Å². The SMILES string of the molecule is CC1CCN(Cc2ccc(/C(N)=N/O)cc2Cl)C(C)C1. The Balaban J connectivity index is 2.10. The smallest absolute Gasteiger partial charge is 0.170 e. The molecule has 0 amide bonds. The molecule has 0 radical (unpaired) electrons. The van der Waals surface area contributed by atoms with Gasteiger partial charge in [-0.1, -0.05) is 35.8 Å². The first-order chi connectivity index (χ1) is 9.51. The van der Waals surface area contributed by atoms with E-state index in [0.29, 0.717) is 16.6 Å². The quantitative estimate of drug-likeness (QED) is 0.390. The van der Waals surface area contributed by atoms with Crippen LogP contribution >= 0.6 is 11.6 Å². The molecular weight excluding hydrogens is 274 g/mol. The molecule has 110 valence electrons. The summed E-state index contributed by atoms with van der Waals surface area (Å²) >= 11 is 6.31. The molecule has 1 aromatic rings. The Bertz CT molecular complexity index is 504. The Morgan fingerprint density at radius 2 is 2.25 bits per heavy atom. The van der Waals surface area contributed by atoms with Crippen LogP contribution in [-0.2, 0) is 6.54 Å². The fraction of sp³-hybridized carbons (Fsp3) is 0.533. The van der Waals surface area contributed by atoms with Crippen LogP contribution in [0.5, 0.6) is 0 Å². The molecule has 0 saturated carbocycles. The number of piperidine rings is 1. The fourth-order valence-electron chi connectivity index (χ4n) is 2.80. The lowest BCUT2D eigenvalue weighted by molar-refractivity contribution is 0.122. The number of nitrogens with zero attached hydrogens (tertiary/aromatic N) is 2. The molecule has 1 aliphatic heterocycles. The van der Waals surface area contributed by atoms with Crippen molar-refractivity contribution in [3.05, 3.63) is 34.3 Å². The summed E-state index contributed by atoms with van der Waals surface area (Å²) in [5.41, 5.74) is 7.29. The van der Waals surface area contributed by atoms with Crippen molar-refractivity contribution >= 4 is 17.4 Å². The van der Waals surface area contributed by atoms with E-state index in [0.717, 1.165) is 24.6 Å². The number of amidine groups is 1. The van der Waals surface area contributed by atoms with Crippen LogP contribution in [0.3, 0.4) is 0 Å². The summed E-state index contributed by atoms with van der Waals surface area (Å²) in [6, 6.07) is 6.13. The van der Waals surface area contributed by atoms with Gasteiger partial charge in [0.15, 0.2) is 5.84 Å². The summed E-state index contributed by atoms with van der Waals surface area (Å²) in [5, 5.41) is 12.3. The summed E-state index contributed by atoms with van der Waals surface area (Å²) in [6.45, 7) is 6.55. The predicted molar refractivity (Wildman–Crippen MR) is 82.2 cm³/mol. The number of hydrogen-bond acceptors (Lipinski definition) is 3. The Morgan fingerprint density at radius 3 is 2.85 bits per heavy atom. The molecule has 5 heteroatoms. The third-order valence-electron chi connectivity index (χ3n) is 4.11. The number of benzene rings is 1. The molecule has 0 aliphatic carbocycles. The van der Waals surface area contributed by atoms with Crippen LogP contribution in [0.15, 0.2) is 23.4 Å². The van der Waals surface area contributed by atoms with E-state index in [9.17, 15) is 0 Å². The maximum absolute atomic E-state index is 8.68. The lowest BCUT2D eigenvalue weighted by atomic mass is 9.93. The van der Waals surface area contributed by atoms with E-state index >= 15 is 0 Å². The van der Waals surface area contributed by atoms with Crippen LogP contribution in [0.1, 0.15) is 37.8 Å². The Kier molecular flexibility index (Phi) is 4.89. The lowest BCUT2D eigenvalue weighted by Gasteiger charge is -2.36. The molecule has 1 saturated heterocycles. The van der Waals surface area contributed by atoms with Gasteiger partial charge in [0.25, 0.3) is 0 Å². The van der Waals surface area contributed by atoms with Crippen molar-refractivity contribution in [2.75, 3.05) is 6.54 Å². The largest absolute Gasteiger partial charge is 0.409 e. The van der Waals surface area contributed by atoms with Crippen molar-refractivity contribution in [1.82, 2.24) is 4.90 Å². The topological polar surface area (TPSA) is 61.8 Å². The van der Waals surface area contributed by atoms with E-state index in [1.807, 2.05) is 12.1 Å². The molecule has 0 spiro atoms. The fourth-order valence-corrected chi connectivity index (χ4v) is 3.04. The highest BCUT2D eigenvalue weighted by Crippen LogP contribution is 2.26. The van der Waals surface area contributed by atoms with E-state index in [1.54, 1.807) is 6.07 Å². The van der Waals surface area contributed by atoms with Gasteiger partial charge in [0, 0.05) is 23.2 Å². The Hall–Kier alpha value is -1.26. The van der Waals surface area contributed by atoms with E-state index in [4.69, 9.17) is 22.5 Å². The Morgan fingerprint density at radius 1 is 1.50 bits per heavy atom. The van der Waals surface area contributed by atoms with Crippen LogP contribution in [0.2, 0.25) is 5.02 Å². The highest BCUT2D eigenvalue weighted by molar-refractivity contribution is 6.31. The van der Waals surface area contributed by atoms with Gasteiger partial charge < -0.3 is 10.9 Å². The first kappa shape index (κ1) is 15.1. The minimum Gasteiger partial charge on any atom is -0.409 e. The molecule has 20 heavy (non-hydrogen) atoms. The van der Waals surface area contributed by atoms with Crippen molar-refractivity contribution in [3.8, 4) is 0 Å². The molecule has 1 aliphatic rings. The second-order valence-electron chi connectivity index (χ2n) is 5.74. The van der Waals surface area contributed by atoms with E-state index in [2.05, 4.69) is 23.9 Å². The zero-order valence-corrected chi connectivity index (χ0v) is 12.8. The van der Waals surface area contributed by atoms with Gasteiger partial charge in [-0.05, 0) is 43.9 Å². The first-order valence-electron chi connectivity index (χ1n) is 7.01. The third-order valence-corrected chi connectivity index (χ3v) is 4.46. The van der Waals surface area contributed by atoms with Gasteiger partial charge in [-0.25, -0.2) is 0 Å². The maximum atomic E-state index is 8.68. The number of halogens is 1. The summed E-state index contributed by atoms with van der Waals surface area (Å²) in [7, 11) is 0. The summed E-state index contributed by atoms with van der Waals surface area (Å²) in [4.78, 5) is 2.46. The van der Waals surface area contributed by atoms with Crippen molar-refractivity contribution < 1.29 is 5.21 Å². The van der Waals surface area contributed by atoms with Crippen LogP contribution in [0, 0.1) is 5.92 Å². The highest BCUT2D eigenvalue weighted by atomic mass is 35.5. The Labute approximate surface area is 125 Å². The van der Waals surface area contributed by atoms with Crippen molar-refractivity contribution in [1.29, 1.82) is 0 Å². The van der Waals surface area contributed by atoms with Gasteiger partial charge in [0.1, 0.15) is 0 Å². The minimum absolute atomic E-state index is 0.0821. The second kappa shape index (κ2) is 6.46. The van der Waals surface area contributed by atoms with Crippen LogP contribution in [-0.4, -0.2) is 28.5 Å². The number of oxime groups is 1. The molecule has 4 nitrogen and oxygen atoms in total. The molecule has 0 aromatic heterocycles. The van der Waals surface area contributed by atoms with Crippen molar-refractivity contribution in [3.63, 3.8) is 0 Å². The molecule has 2 atom stereocenters. The molecule has 1 aromatic carbocycles. The number of nitrogens with two attached hydrogens (primary N) is 1. The van der Waals surface area contributed by atoms with Crippen molar-refractivity contribution in [2.24, 2.45) is 16.8 Å². The van der Waals surface area contributed by atoms with E-state index < -0.39 is 0 Å². The zero-order valence-electron chi connectivity index (χ0n) is 12.0.